The van der Waals surface area contributed by atoms with Gasteiger partial charge in [-0.05, 0) is 20.8 Å². The molecule has 3 unspecified atom stereocenters. The van der Waals surface area contributed by atoms with Crippen molar-refractivity contribution in [3.63, 3.8) is 0 Å². The highest BCUT2D eigenvalue weighted by molar-refractivity contribution is 5.70. The molecule has 3 saturated heterocycles. The number of carbonyl (C=O) groups excluding carboxylic acids is 3. The van der Waals surface area contributed by atoms with Crippen molar-refractivity contribution in [2.45, 2.75) is 57.2 Å². The van der Waals surface area contributed by atoms with Crippen LogP contribution in [-0.4, -0.2) is 88.1 Å². The first kappa shape index (κ1) is 25.8. The second-order valence-corrected chi connectivity index (χ2v) is 9.80. The van der Waals surface area contributed by atoms with Crippen LogP contribution in [-0.2, 0) is 62.4 Å². The molecule has 36 heavy (non-hydrogen) atoms. The van der Waals surface area contributed by atoms with Crippen LogP contribution in [0.15, 0.2) is 14.4 Å². The van der Waals surface area contributed by atoms with Gasteiger partial charge in [0, 0.05) is 0 Å². The second kappa shape index (κ2) is 9.29. The Kier molecular flexibility index (Phi) is 6.66. The molecule has 0 amide bonds. The third-order valence-corrected chi connectivity index (χ3v) is 5.77. The van der Waals surface area contributed by atoms with Crippen molar-refractivity contribution in [2.24, 2.45) is 0 Å². The van der Waals surface area contributed by atoms with E-state index in [0.717, 1.165) is 0 Å². The first-order chi connectivity index (χ1) is 16.8. The average molecular weight is 513 g/mol. The molecule has 3 fully saturated rings. The fraction of sp³-hybridized carbons (Fsp3) is 0.714. The van der Waals surface area contributed by atoms with Crippen molar-refractivity contribution >= 4 is 17.9 Å². The summed E-state index contributed by atoms with van der Waals surface area (Å²) in [5.41, 5.74) is -5.62. The molecule has 15 nitrogen and oxygen atoms in total. The highest BCUT2D eigenvalue weighted by Crippen LogP contribution is 2.27. The fourth-order valence-corrected chi connectivity index (χ4v) is 2.93. The van der Waals surface area contributed by atoms with Crippen LogP contribution in [0.1, 0.15) is 20.8 Å². The first-order valence-corrected chi connectivity index (χ1v) is 11.2. The zero-order chi connectivity index (χ0) is 26.3. The van der Waals surface area contributed by atoms with Crippen molar-refractivity contribution in [1.29, 1.82) is 0 Å². The van der Waals surface area contributed by atoms with Gasteiger partial charge in [-0.1, -0.05) is 0 Å². The van der Waals surface area contributed by atoms with Crippen LogP contribution in [0.5, 0.6) is 0 Å². The highest BCUT2D eigenvalue weighted by atomic mass is 16.6. The van der Waals surface area contributed by atoms with E-state index in [1.54, 1.807) is 20.8 Å². The van der Waals surface area contributed by atoms with Crippen molar-refractivity contribution in [2.75, 3.05) is 39.6 Å². The Morgan fingerprint density at radius 1 is 0.611 bits per heavy atom. The van der Waals surface area contributed by atoms with E-state index in [-0.39, 0.29) is 19.8 Å². The molecule has 0 radical (unpaired) electrons. The van der Waals surface area contributed by atoms with E-state index in [1.165, 1.54) is 0 Å². The van der Waals surface area contributed by atoms with Crippen molar-refractivity contribution in [3.05, 3.63) is 31.5 Å². The maximum absolute atomic E-state index is 12.9. The second-order valence-electron chi connectivity index (χ2n) is 9.80. The van der Waals surface area contributed by atoms with Crippen LogP contribution in [0.3, 0.4) is 0 Å². The standard InChI is InChI=1S/C21H27N3O12/c1-19(10-34-19)7-31-13(25)4-22-16(28)23(5-14(26)32-8-20(2)11-35-20)18(30)24(17(22)29)6-15(27)33-9-21(3)12-36-21/h4-12H2,1-3H3. The van der Waals surface area contributed by atoms with E-state index in [9.17, 15) is 28.8 Å². The minimum atomic E-state index is -1.25. The van der Waals surface area contributed by atoms with Crippen LogP contribution < -0.4 is 17.1 Å². The lowest BCUT2D eigenvalue weighted by Gasteiger charge is -2.14. The Bertz CT molecular complexity index is 1060. The molecule has 3 aliphatic rings. The van der Waals surface area contributed by atoms with Crippen LogP contribution in [0.2, 0.25) is 0 Å². The fourth-order valence-electron chi connectivity index (χ4n) is 2.93. The van der Waals surface area contributed by atoms with E-state index in [2.05, 4.69) is 0 Å². The molecule has 3 aliphatic heterocycles. The predicted octanol–water partition coefficient (Wildman–Crippen LogP) is -2.83. The lowest BCUT2D eigenvalue weighted by molar-refractivity contribution is -0.146. The van der Waals surface area contributed by atoms with Gasteiger partial charge in [0.1, 0.15) is 56.3 Å². The molecule has 0 aromatic carbocycles. The average Bonchev–Trinajstić information content (AvgIpc) is 3.77. The third kappa shape index (κ3) is 6.27. The van der Waals surface area contributed by atoms with E-state index in [4.69, 9.17) is 28.4 Å². The molecule has 4 rings (SSSR count). The number of hydrogen-bond donors (Lipinski definition) is 0. The largest absolute Gasteiger partial charge is 0.461 e. The molecule has 1 aromatic rings. The van der Waals surface area contributed by atoms with Gasteiger partial charge in [0.15, 0.2) is 0 Å². The van der Waals surface area contributed by atoms with Crippen LogP contribution in [0, 0.1) is 0 Å². The summed E-state index contributed by atoms with van der Waals surface area (Å²) in [6.45, 7) is 3.37. The Morgan fingerprint density at radius 3 is 1.03 bits per heavy atom. The zero-order valence-electron chi connectivity index (χ0n) is 20.1. The molecule has 1 aromatic heterocycles. The van der Waals surface area contributed by atoms with Crippen molar-refractivity contribution < 1.29 is 42.8 Å². The van der Waals surface area contributed by atoms with Gasteiger partial charge in [0.05, 0.1) is 19.8 Å². The van der Waals surface area contributed by atoms with E-state index in [1.807, 2.05) is 0 Å². The van der Waals surface area contributed by atoms with Crippen LogP contribution in [0.4, 0.5) is 0 Å². The third-order valence-electron chi connectivity index (χ3n) is 5.77. The maximum atomic E-state index is 12.9. The Balaban J connectivity index is 1.56. The van der Waals surface area contributed by atoms with E-state index in [0.29, 0.717) is 33.5 Å². The number of ether oxygens (including phenoxy) is 6. The van der Waals surface area contributed by atoms with Crippen LogP contribution in [0.25, 0.3) is 0 Å². The SMILES string of the molecule is CC1(COC(=O)Cn2c(=O)n(CC(=O)OCC3(C)CO3)c(=O)n(CC(=O)OCC3(C)CO3)c2=O)CO1. The van der Waals surface area contributed by atoms with Crippen LogP contribution >= 0.6 is 0 Å². The monoisotopic (exact) mass is 513 g/mol. The topological polar surface area (TPSA) is 182 Å². The minimum Gasteiger partial charge on any atom is -0.461 e. The quantitative estimate of drug-likeness (QED) is 0.159. The summed E-state index contributed by atoms with van der Waals surface area (Å²) in [6, 6.07) is 0. The molecule has 0 bridgehead atoms. The molecule has 3 atom stereocenters. The molecule has 15 heteroatoms. The normalized spacial score (nSPS) is 27.8. The van der Waals surface area contributed by atoms with Gasteiger partial charge < -0.3 is 28.4 Å². The summed E-state index contributed by atoms with van der Waals surface area (Å²) in [6.07, 6.45) is 0. The number of nitrogens with zero attached hydrogens (tertiary/aromatic N) is 3. The molecular formula is C21H27N3O12. The van der Waals surface area contributed by atoms with Gasteiger partial charge in [-0.15, -0.1) is 0 Å². The van der Waals surface area contributed by atoms with Crippen molar-refractivity contribution in [1.82, 2.24) is 13.7 Å². The van der Waals surface area contributed by atoms with Gasteiger partial charge in [0.2, 0.25) is 0 Å². The van der Waals surface area contributed by atoms with Gasteiger partial charge >= 0.3 is 35.0 Å². The number of esters is 3. The maximum Gasteiger partial charge on any atom is 0.337 e. The molecule has 0 N–H and O–H groups in total. The zero-order valence-corrected chi connectivity index (χ0v) is 20.1. The summed E-state index contributed by atoms with van der Waals surface area (Å²) >= 11 is 0. The number of aromatic nitrogens is 3. The first-order valence-electron chi connectivity index (χ1n) is 11.2. The number of epoxide rings is 3. The lowest BCUT2D eigenvalue weighted by atomic mass is 10.2. The summed E-state index contributed by atoms with van der Waals surface area (Å²) < 4.78 is 31.7. The lowest BCUT2D eigenvalue weighted by Crippen LogP contribution is -2.56. The molecule has 0 saturated carbocycles. The predicted molar refractivity (Wildman–Crippen MR) is 115 cm³/mol. The number of carbonyl (C=O) groups is 3. The highest BCUT2D eigenvalue weighted by Gasteiger charge is 2.42. The minimum absolute atomic E-state index is 0.102. The molecule has 198 valence electrons. The summed E-state index contributed by atoms with van der Waals surface area (Å²) in [5.74, 6) is -2.86. The number of hydrogen-bond acceptors (Lipinski definition) is 12. The Morgan fingerprint density at radius 2 is 0.833 bits per heavy atom. The summed E-state index contributed by atoms with van der Waals surface area (Å²) in [7, 11) is 0. The Labute approximate surface area is 203 Å². The van der Waals surface area contributed by atoms with E-state index < -0.39 is 71.4 Å². The van der Waals surface area contributed by atoms with Gasteiger partial charge in [0.25, 0.3) is 0 Å². The van der Waals surface area contributed by atoms with Crippen molar-refractivity contribution in [3.8, 4) is 0 Å². The smallest absolute Gasteiger partial charge is 0.337 e. The Hall–Kier alpha value is -3.30. The molecule has 4 heterocycles. The summed E-state index contributed by atoms with van der Waals surface area (Å²) in [4.78, 5) is 75.7. The molecule has 0 aliphatic carbocycles. The van der Waals surface area contributed by atoms with E-state index >= 15 is 0 Å². The summed E-state index contributed by atoms with van der Waals surface area (Å²) in [5, 5.41) is 0. The van der Waals surface area contributed by atoms with Gasteiger partial charge in [-0.25, -0.2) is 28.1 Å². The molecular weight excluding hydrogens is 486 g/mol. The van der Waals surface area contributed by atoms with Gasteiger partial charge in [-0.2, -0.15) is 0 Å². The number of rotatable bonds is 12. The molecule has 0 spiro atoms. The van der Waals surface area contributed by atoms with Gasteiger partial charge in [-0.3, -0.25) is 14.4 Å².